The summed E-state index contributed by atoms with van der Waals surface area (Å²) in [6, 6.07) is 12.3. The SMILES string of the molecule is C[C@@H](OC(=O)CCS(=O)(=O)c1ccc(F)cc1)C(=O)Nc1ccc(C#N)cc1. The van der Waals surface area contributed by atoms with Crippen LogP contribution in [0.5, 0.6) is 0 Å². The van der Waals surface area contributed by atoms with Crippen molar-refractivity contribution in [2.45, 2.75) is 24.3 Å². The number of ether oxygens (including phenoxy) is 1. The first-order chi connectivity index (χ1) is 13.2. The number of esters is 1. The lowest BCUT2D eigenvalue weighted by Gasteiger charge is -2.13. The summed E-state index contributed by atoms with van der Waals surface area (Å²) in [5.74, 6) is -2.55. The Morgan fingerprint density at radius 1 is 1.14 bits per heavy atom. The minimum Gasteiger partial charge on any atom is -0.453 e. The zero-order valence-corrected chi connectivity index (χ0v) is 15.7. The number of sulfone groups is 1. The molecule has 0 aliphatic heterocycles. The molecule has 0 bridgehead atoms. The predicted molar refractivity (Wildman–Crippen MR) is 98.4 cm³/mol. The summed E-state index contributed by atoms with van der Waals surface area (Å²) in [6.45, 7) is 1.35. The largest absolute Gasteiger partial charge is 0.453 e. The molecule has 0 aliphatic carbocycles. The van der Waals surface area contributed by atoms with Crippen LogP contribution < -0.4 is 5.32 Å². The molecule has 2 aromatic carbocycles. The average molecular weight is 404 g/mol. The first-order valence-electron chi connectivity index (χ1n) is 8.20. The van der Waals surface area contributed by atoms with Crippen LogP contribution >= 0.6 is 0 Å². The summed E-state index contributed by atoms with van der Waals surface area (Å²) >= 11 is 0. The van der Waals surface area contributed by atoms with E-state index in [9.17, 15) is 22.4 Å². The van der Waals surface area contributed by atoms with Crippen LogP contribution in [0.25, 0.3) is 0 Å². The monoisotopic (exact) mass is 404 g/mol. The summed E-state index contributed by atoms with van der Waals surface area (Å²) in [5.41, 5.74) is 0.852. The van der Waals surface area contributed by atoms with Crippen LogP contribution in [0.4, 0.5) is 10.1 Å². The second-order valence-electron chi connectivity index (χ2n) is 5.83. The maximum absolute atomic E-state index is 12.9. The summed E-state index contributed by atoms with van der Waals surface area (Å²) in [4.78, 5) is 23.8. The molecule has 1 atom stereocenters. The van der Waals surface area contributed by atoms with Gasteiger partial charge in [-0.05, 0) is 55.5 Å². The molecule has 0 heterocycles. The van der Waals surface area contributed by atoms with E-state index in [4.69, 9.17) is 10.00 Å². The van der Waals surface area contributed by atoms with E-state index < -0.39 is 45.8 Å². The number of amides is 1. The maximum Gasteiger partial charge on any atom is 0.307 e. The number of hydrogen-bond donors (Lipinski definition) is 1. The van der Waals surface area contributed by atoms with E-state index in [0.29, 0.717) is 11.3 Å². The number of anilines is 1. The number of nitrogens with one attached hydrogen (secondary N) is 1. The minimum absolute atomic E-state index is 0.103. The van der Waals surface area contributed by atoms with Gasteiger partial charge in [-0.25, -0.2) is 12.8 Å². The average Bonchev–Trinajstić information content (AvgIpc) is 2.67. The zero-order valence-electron chi connectivity index (χ0n) is 14.9. The summed E-state index contributed by atoms with van der Waals surface area (Å²) in [7, 11) is -3.78. The highest BCUT2D eigenvalue weighted by Gasteiger charge is 2.21. The third-order valence-electron chi connectivity index (χ3n) is 3.71. The van der Waals surface area contributed by atoms with Gasteiger partial charge in [-0.1, -0.05) is 0 Å². The van der Waals surface area contributed by atoms with E-state index in [-0.39, 0.29) is 4.90 Å². The zero-order chi connectivity index (χ0) is 20.7. The number of carbonyl (C=O) groups excluding carboxylic acids is 2. The fourth-order valence-corrected chi connectivity index (χ4v) is 3.38. The van der Waals surface area contributed by atoms with Gasteiger partial charge in [0.25, 0.3) is 5.91 Å². The minimum atomic E-state index is -3.78. The summed E-state index contributed by atoms with van der Waals surface area (Å²) in [6.07, 6.45) is -1.59. The number of nitrogens with zero attached hydrogens (tertiary/aromatic N) is 1. The molecule has 0 spiro atoms. The molecule has 146 valence electrons. The predicted octanol–water partition coefficient (Wildman–Crippen LogP) is 2.43. The Labute approximate surface area is 161 Å². The molecular formula is C19H17FN2O5S. The molecule has 0 fully saturated rings. The van der Waals surface area contributed by atoms with Crippen LogP contribution in [0, 0.1) is 17.1 Å². The summed E-state index contributed by atoms with van der Waals surface area (Å²) in [5, 5.41) is 11.3. The Bertz CT molecular complexity index is 996. The van der Waals surface area contributed by atoms with Gasteiger partial charge in [-0.3, -0.25) is 9.59 Å². The Morgan fingerprint density at radius 2 is 1.75 bits per heavy atom. The molecule has 1 N–H and O–H groups in total. The third-order valence-corrected chi connectivity index (χ3v) is 5.44. The van der Waals surface area contributed by atoms with Crippen LogP contribution in [0.2, 0.25) is 0 Å². The van der Waals surface area contributed by atoms with Crippen molar-refractivity contribution in [2.75, 3.05) is 11.1 Å². The van der Waals surface area contributed by atoms with Gasteiger partial charge in [0, 0.05) is 5.69 Å². The van der Waals surface area contributed by atoms with Crippen molar-refractivity contribution in [3.8, 4) is 6.07 Å². The van der Waals surface area contributed by atoms with Crippen molar-refractivity contribution < 1.29 is 27.1 Å². The molecule has 9 heteroatoms. The van der Waals surface area contributed by atoms with E-state index in [0.717, 1.165) is 24.3 Å². The number of carbonyl (C=O) groups is 2. The van der Waals surface area contributed by atoms with Crippen LogP contribution in [-0.2, 0) is 24.2 Å². The second-order valence-corrected chi connectivity index (χ2v) is 7.94. The van der Waals surface area contributed by atoms with Gasteiger partial charge in [0.2, 0.25) is 0 Å². The van der Waals surface area contributed by atoms with Crippen molar-refractivity contribution in [1.82, 2.24) is 0 Å². The Kier molecular flexibility index (Phi) is 6.84. The van der Waals surface area contributed by atoms with E-state index in [1.54, 1.807) is 0 Å². The van der Waals surface area contributed by atoms with Gasteiger partial charge in [0.1, 0.15) is 5.82 Å². The van der Waals surface area contributed by atoms with E-state index in [1.807, 2.05) is 6.07 Å². The first-order valence-corrected chi connectivity index (χ1v) is 9.85. The van der Waals surface area contributed by atoms with Crippen molar-refractivity contribution in [3.63, 3.8) is 0 Å². The molecule has 2 rings (SSSR count). The topological polar surface area (TPSA) is 113 Å². The Balaban J connectivity index is 1.86. The molecule has 0 radical (unpaired) electrons. The van der Waals surface area contributed by atoms with Gasteiger partial charge in [-0.15, -0.1) is 0 Å². The fourth-order valence-electron chi connectivity index (χ4n) is 2.16. The Hall–Kier alpha value is -3.25. The number of benzene rings is 2. The van der Waals surface area contributed by atoms with Crippen molar-refractivity contribution >= 4 is 27.4 Å². The van der Waals surface area contributed by atoms with E-state index in [1.165, 1.54) is 31.2 Å². The van der Waals surface area contributed by atoms with Gasteiger partial charge < -0.3 is 10.1 Å². The van der Waals surface area contributed by atoms with Crippen LogP contribution in [0.15, 0.2) is 53.4 Å². The number of halogens is 1. The van der Waals surface area contributed by atoms with Crippen molar-refractivity contribution in [3.05, 3.63) is 59.9 Å². The normalized spacial score (nSPS) is 11.9. The summed E-state index contributed by atoms with van der Waals surface area (Å²) < 4.78 is 42.1. The molecule has 1 amide bonds. The second kappa shape index (κ2) is 9.10. The van der Waals surface area contributed by atoms with Gasteiger partial charge in [0.15, 0.2) is 15.9 Å². The molecule has 0 saturated heterocycles. The molecule has 28 heavy (non-hydrogen) atoms. The molecule has 2 aromatic rings. The third kappa shape index (κ3) is 5.89. The maximum atomic E-state index is 12.9. The highest BCUT2D eigenvalue weighted by atomic mass is 32.2. The molecule has 0 unspecified atom stereocenters. The van der Waals surface area contributed by atoms with Crippen molar-refractivity contribution in [2.24, 2.45) is 0 Å². The fraction of sp³-hybridized carbons (Fsp3) is 0.211. The standard InChI is InChI=1S/C19H17FN2O5S/c1-13(19(24)22-16-6-2-14(12-21)3-7-16)27-18(23)10-11-28(25,26)17-8-4-15(20)5-9-17/h2-9,13H,10-11H2,1H3,(H,22,24)/t13-/m1/s1. The highest BCUT2D eigenvalue weighted by Crippen LogP contribution is 2.14. The molecule has 0 aliphatic rings. The molecule has 7 nitrogen and oxygen atoms in total. The molecule has 0 saturated carbocycles. The van der Waals surface area contributed by atoms with Gasteiger partial charge in [0.05, 0.1) is 28.7 Å². The molecular weight excluding hydrogens is 387 g/mol. The highest BCUT2D eigenvalue weighted by molar-refractivity contribution is 7.91. The van der Waals surface area contributed by atoms with Gasteiger partial charge in [-0.2, -0.15) is 5.26 Å². The smallest absolute Gasteiger partial charge is 0.307 e. The lowest BCUT2D eigenvalue weighted by molar-refractivity contribution is -0.152. The van der Waals surface area contributed by atoms with E-state index >= 15 is 0 Å². The lowest BCUT2D eigenvalue weighted by Crippen LogP contribution is -2.30. The number of rotatable bonds is 7. The van der Waals surface area contributed by atoms with Gasteiger partial charge >= 0.3 is 5.97 Å². The van der Waals surface area contributed by atoms with Crippen LogP contribution in [0.3, 0.4) is 0 Å². The van der Waals surface area contributed by atoms with Crippen LogP contribution in [-0.4, -0.2) is 32.2 Å². The Morgan fingerprint density at radius 3 is 2.32 bits per heavy atom. The van der Waals surface area contributed by atoms with E-state index in [2.05, 4.69) is 5.32 Å². The number of hydrogen-bond acceptors (Lipinski definition) is 6. The number of nitriles is 1. The lowest BCUT2D eigenvalue weighted by atomic mass is 10.2. The quantitative estimate of drug-likeness (QED) is 0.560. The molecule has 0 aromatic heterocycles. The van der Waals surface area contributed by atoms with Crippen LogP contribution in [0.1, 0.15) is 18.9 Å². The van der Waals surface area contributed by atoms with Crippen molar-refractivity contribution in [1.29, 1.82) is 5.26 Å². The first kappa shape index (κ1) is 21.1.